The number of carbonyl (C=O) groups excluding carboxylic acids is 2. The van der Waals surface area contributed by atoms with E-state index in [0.29, 0.717) is 26.6 Å². The van der Waals surface area contributed by atoms with Gasteiger partial charge in [0.25, 0.3) is 16.8 Å². The van der Waals surface area contributed by atoms with Crippen LogP contribution in [-0.4, -0.2) is 28.1 Å². The molecule has 0 atom stereocenters. The molecule has 1 aliphatic rings. The smallest absolute Gasteiger partial charge is 0.293 e. The van der Waals surface area contributed by atoms with Crippen LogP contribution in [0.1, 0.15) is 16.7 Å². The molecule has 0 bridgehead atoms. The number of ether oxygens (including phenoxy) is 2. The van der Waals surface area contributed by atoms with E-state index in [4.69, 9.17) is 21.1 Å². The Balaban J connectivity index is 1.56. The van der Waals surface area contributed by atoms with Crippen LogP contribution < -0.4 is 9.47 Å². The van der Waals surface area contributed by atoms with Gasteiger partial charge in [0.1, 0.15) is 6.61 Å². The van der Waals surface area contributed by atoms with Gasteiger partial charge in [-0.15, -0.1) is 0 Å². The number of benzene rings is 3. The van der Waals surface area contributed by atoms with Crippen LogP contribution in [0.5, 0.6) is 11.5 Å². The van der Waals surface area contributed by atoms with Crippen LogP contribution >= 0.6 is 39.3 Å². The Morgan fingerprint density at radius 2 is 1.81 bits per heavy atom. The standard InChI is InChI=1S/C25H18BrClN2O6S/c1-34-21-11-15(10-18(26)23(21)35-14-17-7-2-4-8-19(17)27)12-22-24(30)28(25(31)36-22)13-16-6-3-5-9-20(16)29(32)33/h2-12H,13-14H2,1H3/b22-12-. The third kappa shape index (κ3) is 5.56. The van der Waals surface area contributed by atoms with Crippen molar-refractivity contribution in [1.82, 2.24) is 4.90 Å². The van der Waals surface area contributed by atoms with Gasteiger partial charge < -0.3 is 9.47 Å². The topological polar surface area (TPSA) is 99.0 Å². The predicted octanol–water partition coefficient (Wildman–Crippen LogP) is 6.83. The number of halogens is 2. The highest BCUT2D eigenvalue weighted by Gasteiger charge is 2.36. The summed E-state index contributed by atoms with van der Waals surface area (Å²) in [4.78, 5) is 37.5. The number of nitro benzene ring substituents is 1. The van der Waals surface area contributed by atoms with E-state index in [0.717, 1.165) is 22.2 Å². The minimum Gasteiger partial charge on any atom is -0.493 e. The first kappa shape index (κ1) is 25.7. The summed E-state index contributed by atoms with van der Waals surface area (Å²) < 4.78 is 12.0. The number of para-hydroxylation sites is 1. The maximum Gasteiger partial charge on any atom is 0.293 e. The van der Waals surface area contributed by atoms with Crippen molar-refractivity contribution in [3.8, 4) is 11.5 Å². The third-order valence-corrected chi connectivity index (χ3v) is 7.13. The van der Waals surface area contributed by atoms with Crippen molar-refractivity contribution in [3.05, 3.63) is 102 Å². The lowest BCUT2D eigenvalue weighted by atomic mass is 10.1. The molecule has 1 saturated heterocycles. The molecule has 1 fully saturated rings. The number of rotatable bonds is 8. The second-order valence-corrected chi connectivity index (χ2v) is 9.82. The molecule has 0 saturated carbocycles. The first-order chi connectivity index (χ1) is 17.3. The zero-order chi connectivity index (χ0) is 25.8. The Morgan fingerprint density at radius 3 is 2.50 bits per heavy atom. The number of imide groups is 1. The van der Waals surface area contributed by atoms with Crippen molar-refractivity contribution in [2.75, 3.05) is 7.11 Å². The molecule has 0 N–H and O–H groups in total. The van der Waals surface area contributed by atoms with Crippen molar-refractivity contribution in [2.45, 2.75) is 13.2 Å². The van der Waals surface area contributed by atoms with Crippen LogP contribution in [0, 0.1) is 10.1 Å². The molecule has 11 heteroatoms. The lowest BCUT2D eigenvalue weighted by Crippen LogP contribution is -2.27. The Kier molecular flexibility index (Phi) is 7.97. The first-order valence-electron chi connectivity index (χ1n) is 10.5. The normalized spacial score (nSPS) is 14.4. The van der Waals surface area contributed by atoms with Crippen LogP contribution in [0.25, 0.3) is 6.08 Å². The van der Waals surface area contributed by atoms with E-state index in [2.05, 4.69) is 15.9 Å². The molecule has 0 aromatic heterocycles. The van der Waals surface area contributed by atoms with Gasteiger partial charge in [-0.05, 0) is 57.5 Å². The SMILES string of the molecule is COc1cc(/C=C2\SC(=O)N(Cc3ccccc3[N+](=O)[O-])C2=O)cc(Br)c1OCc1ccccc1Cl. The van der Waals surface area contributed by atoms with Crippen LogP contribution in [0.4, 0.5) is 10.5 Å². The number of carbonyl (C=O) groups is 2. The molecule has 4 rings (SSSR count). The number of amides is 2. The molecule has 0 unspecified atom stereocenters. The molecule has 36 heavy (non-hydrogen) atoms. The molecular formula is C25H18BrClN2O6S. The fourth-order valence-corrected chi connectivity index (χ4v) is 5.11. The summed E-state index contributed by atoms with van der Waals surface area (Å²) in [5.74, 6) is 0.346. The zero-order valence-corrected chi connectivity index (χ0v) is 21.9. The number of methoxy groups -OCH3 is 1. The van der Waals surface area contributed by atoms with E-state index in [1.165, 1.54) is 25.3 Å². The van der Waals surface area contributed by atoms with Gasteiger partial charge in [-0.3, -0.25) is 24.6 Å². The van der Waals surface area contributed by atoms with Gasteiger partial charge in [-0.25, -0.2) is 0 Å². The maximum absolute atomic E-state index is 13.0. The van der Waals surface area contributed by atoms with E-state index in [1.54, 1.807) is 30.3 Å². The summed E-state index contributed by atoms with van der Waals surface area (Å²) >= 11 is 10.5. The van der Waals surface area contributed by atoms with Gasteiger partial charge in [0.2, 0.25) is 0 Å². The molecule has 0 radical (unpaired) electrons. The minimum atomic E-state index is -0.538. The van der Waals surface area contributed by atoms with Gasteiger partial charge in [0.15, 0.2) is 11.5 Å². The molecule has 1 aliphatic heterocycles. The predicted molar refractivity (Wildman–Crippen MR) is 141 cm³/mol. The minimum absolute atomic E-state index is 0.151. The maximum atomic E-state index is 13.0. The molecule has 8 nitrogen and oxygen atoms in total. The van der Waals surface area contributed by atoms with E-state index in [1.807, 2.05) is 18.2 Å². The number of hydrogen-bond acceptors (Lipinski definition) is 7. The van der Waals surface area contributed by atoms with Crippen molar-refractivity contribution < 1.29 is 24.0 Å². The highest BCUT2D eigenvalue weighted by molar-refractivity contribution is 9.10. The van der Waals surface area contributed by atoms with Gasteiger partial charge >= 0.3 is 0 Å². The second-order valence-electron chi connectivity index (χ2n) is 7.57. The third-order valence-electron chi connectivity index (χ3n) is 5.27. The van der Waals surface area contributed by atoms with E-state index < -0.39 is 16.1 Å². The summed E-state index contributed by atoms with van der Waals surface area (Å²) in [6.07, 6.45) is 1.56. The van der Waals surface area contributed by atoms with E-state index >= 15 is 0 Å². The number of nitro groups is 1. The van der Waals surface area contributed by atoms with E-state index in [9.17, 15) is 19.7 Å². The fraction of sp³-hybridized carbons (Fsp3) is 0.120. The molecule has 2 amide bonds. The van der Waals surface area contributed by atoms with Gasteiger partial charge in [0, 0.05) is 22.2 Å². The van der Waals surface area contributed by atoms with Crippen LogP contribution in [0.3, 0.4) is 0 Å². The summed E-state index contributed by atoms with van der Waals surface area (Å²) in [6.45, 7) is 0.0273. The number of nitrogens with zero attached hydrogens (tertiary/aromatic N) is 2. The second kappa shape index (κ2) is 11.2. The van der Waals surface area contributed by atoms with Crippen molar-refractivity contribution in [3.63, 3.8) is 0 Å². The van der Waals surface area contributed by atoms with Crippen LogP contribution in [0.2, 0.25) is 5.02 Å². The Hall–Kier alpha value is -3.34. The summed E-state index contributed by atoms with van der Waals surface area (Å²) in [6, 6.07) is 16.8. The fourth-order valence-electron chi connectivity index (χ4n) is 3.51. The van der Waals surface area contributed by atoms with Crippen molar-refractivity contribution in [2.24, 2.45) is 0 Å². The zero-order valence-electron chi connectivity index (χ0n) is 18.8. The molecule has 3 aromatic rings. The largest absolute Gasteiger partial charge is 0.493 e. The average molecular weight is 590 g/mol. The van der Waals surface area contributed by atoms with E-state index in [-0.39, 0.29) is 29.3 Å². The lowest BCUT2D eigenvalue weighted by molar-refractivity contribution is -0.385. The quantitative estimate of drug-likeness (QED) is 0.161. The van der Waals surface area contributed by atoms with Gasteiger partial charge in [-0.2, -0.15) is 0 Å². The van der Waals surface area contributed by atoms with Crippen LogP contribution in [0.15, 0.2) is 70.0 Å². The Bertz CT molecular complexity index is 1400. The summed E-state index contributed by atoms with van der Waals surface area (Å²) in [7, 11) is 1.49. The Morgan fingerprint density at radius 1 is 1.11 bits per heavy atom. The van der Waals surface area contributed by atoms with Crippen molar-refractivity contribution in [1.29, 1.82) is 0 Å². The van der Waals surface area contributed by atoms with Crippen LogP contribution in [-0.2, 0) is 17.9 Å². The summed E-state index contributed by atoms with van der Waals surface area (Å²) in [5.41, 5.74) is 1.53. The monoisotopic (exact) mass is 588 g/mol. The number of thioether (sulfide) groups is 1. The van der Waals surface area contributed by atoms with Gasteiger partial charge in [-0.1, -0.05) is 48.0 Å². The molecule has 184 valence electrons. The molecule has 0 aliphatic carbocycles. The highest BCUT2D eigenvalue weighted by atomic mass is 79.9. The van der Waals surface area contributed by atoms with Crippen molar-refractivity contribution >= 4 is 62.2 Å². The molecule has 0 spiro atoms. The molecule has 3 aromatic carbocycles. The van der Waals surface area contributed by atoms with Gasteiger partial charge in [0.05, 0.1) is 28.0 Å². The average Bonchev–Trinajstić information content (AvgIpc) is 3.11. The first-order valence-corrected chi connectivity index (χ1v) is 12.5. The lowest BCUT2D eigenvalue weighted by Gasteiger charge is -2.14. The summed E-state index contributed by atoms with van der Waals surface area (Å²) in [5, 5.41) is 11.4. The highest BCUT2D eigenvalue weighted by Crippen LogP contribution is 2.40. The Labute approximate surface area is 224 Å². The molecule has 1 heterocycles. The number of hydrogen-bond donors (Lipinski definition) is 0. The molecular weight excluding hydrogens is 572 g/mol.